The standard InChI is InChI=1S/C22H24N2O2S/c1-2-3-14-26-20-11-7-10-18(15-20)21(25)23-13-12-19-16-27-22(24-19)17-8-5-4-6-9-17/h4-11,15-16H,2-3,12-14H2,1H3,(H,23,25). The lowest BCUT2D eigenvalue weighted by atomic mass is 10.2. The average molecular weight is 381 g/mol. The molecule has 1 aromatic heterocycles. The molecule has 140 valence electrons. The number of nitrogens with one attached hydrogen (secondary N) is 1. The van der Waals surface area contributed by atoms with E-state index in [0.717, 1.165) is 34.9 Å². The van der Waals surface area contributed by atoms with Crippen molar-refractivity contribution in [3.63, 3.8) is 0 Å². The molecule has 0 aliphatic rings. The van der Waals surface area contributed by atoms with Crippen molar-refractivity contribution in [2.75, 3.05) is 13.2 Å². The lowest BCUT2D eigenvalue weighted by molar-refractivity contribution is 0.0953. The highest BCUT2D eigenvalue weighted by atomic mass is 32.1. The number of hydrogen-bond acceptors (Lipinski definition) is 4. The van der Waals surface area contributed by atoms with Gasteiger partial charge >= 0.3 is 0 Å². The molecule has 4 nitrogen and oxygen atoms in total. The smallest absolute Gasteiger partial charge is 0.251 e. The Hall–Kier alpha value is -2.66. The minimum absolute atomic E-state index is 0.0885. The highest BCUT2D eigenvalue weighted by molar-refractivity contribution is 7.13. The highest BCUT2D eigenvalue weighted by Gasteiger charge is 2.08. The minimum atomic E-state index is -0.0885. The summed E-state index contributed by atoms with van der Waals surface area (Å²) in [6.07, 6.45) is 2.81. The molecule has 27 heavy (non-hydrogen) atoms. The molecular formula is C22H24N2O2S. The summed E-state index contributed by atoms with van der Waals surface area (Å²) in [6, 6.07) is 17.5. The molecule has 1 N–H and O–H groups in total. The van der Waals surface area contributed by atoms with Crippen LogP contribution in [0.15, 0.2) is 60.0 Å². The lowest BCUT2D eigenvalue weighted by Crippen LogP contribution is -2.25. The number of unbranched alkanes of at least 4 members (excludes halogenated alkanes) is 1. The third-order valence-corrected chi connectivity index (χ3v) is 5.04. The van der Waals surface area contributed by atoms with Crippen LogP contribution in [0.4, 0.5) is 0 Å². The van der Waals surface area contributed by atoms with Crippen LogP contribution in [0.1, 0.15) is 35.8 Å². The molecule has 0 radical (unpaired) electrons. The molecule has 0 aliphatic heterocycles. The van der Waals surface area contributed by atoms with E-state index in [4.69, 9.17) is 4.74 Å². The quantitative estimate of drug-likeness (QED) is 0.534. The van der Waals surface area contributed by atoms with E-state index in [-0.39, 0.29) is 5.91 Å². The molecule has 3 aromatic rings. The monoisotopic (exact) mass is 380 g/mol. The van der Waals surface area contributed by atoms with Crippen molar-refractivity contribution < 1.29 is 9.53 Å². The summed E-state index contributed by atoms with van der Waals surface area (Å²) in [4.78, 5) is 17.0. The Balaban J connectivity index is 1.50. The first-order valence-corrected chi connectivity index (χ1v) is 10.1. The van der Waals surface area contributed by atoms with Gasteiger partial charge in [0.1, 0.15) is 10.8 Å². The average Bonchev–Trinajstić information content (AvgIpc) is 3.18. The molecule has 0 bridgehead atoms. The Morgan fingerprint density at radius 1 is 1.15 bits per heavy atom. The third kappa shape index (κ3) is 5.66. The van der Waals surface area contributed by atoms with Crippen LogP contribution in [0.2, 0.25) is 0 Å². The van der Waals surface area contributed by atoms with E-state index in [1.54, 1.807) is 23.5 Å². The van der Waals surface area contributed by atoms with Gasteiger partial charge in [-0.3, -0.25) is 4.79 Å². The van der Waals surface area contributed by atoms with Gasteiger partial charge in [0.25, 0.3) is 5.91 Å². The van der Waals surface area contributed by atoms with Gasteiger partial charge in [-0.05, 0) is 24.6 Å². The van der Waals surface area contributed by atoms with Crippen LogP contribution in [0.25, 0.3) is 10.6 Å². The van der Waals surface area contributed by atoms with Crippen molar-refractivity contribution in [2.45, 2.75) is 26.2 Å². The molecule has 1 amide bonds. The second-order valence-corrected chi connectivity index (χ2v) is 7.10. The zero-order chi connectivity index (χ0) is 18.9. The number of thiazole rings is 1. The van der Waals surface area contributed by atoms with Gasteiger partial charge in [-0.2, -0.15) is 0 Å². The first-order chi connectivity index (χ1) is 13.3. The van der Waals surface area contributed by atoms with Crippen LogP contribution >= 0.6 is 11.3 Å². The fourth-order valence-electron chi connectivity index (χ4n) is 2.60. The van der Waals surface area contributed by atoms with E-state index in [1.165, 1.54) is 0 Å². The summed E-state index contributed by atoms with van der Waals surface area (Å²) in [5, 5.41) is 6.02. The molecule has 0 saturated heterocycles. The van der Waals surface area contributed by atoms with Crippen molar-refractivity contribution in [2.24, 2.45) is 0 Å². The molecular weight excluding hydrogens is 356 g/mol. The molecule has 0 fully saturated rings. The molecule has 0 unspecified atom stereocenters. The second-order valence-electron chi connectivity index (χ2n) is 6.25. The lowest BCUT2D eigenvalue weighted by Gasteiger charge is -2.08. The first-order valence-electron chi connectivity index (χ1n) is 9.27. The minimum Gasteiger partial charge on any atom is -0.494 e. The van der Waals surface area contributed by atoms with Crippen LogP contribution in [-0.2, 0) is 6.42 Å². The molecule has 0 spiro atoms. The summed E-state index contributed by atoms with van der Waals surface area (Å²) in [6.45, 7) is 3.35. The van der Waals surface area contributed by atoms with E-state index in [2.05, 4.69) is 34.7 Å². The second kappa shape index (κ2) is 9.88. The van der Waals surface area contributed by atoms with Crippen LogP contribution in [0.5, 0.6) is 5.75 Å². The largest absolute Gasteiger partial charge is 0.494 e. The van der Waals surface area contributed by atoms with Gasteiger partial charge in [0, 0.05) is 29.5 Å². The molecule has 0 saturated carbocycles. The predicted octanol–water partition coefficient (Wildman–Crippen LogP) is 4.96. The normalized spacial score (nSPS) is 10.6. The highest BCUT2D eigenvalue weighted by Crippen LogP contribution is 2.23. The maximum Gasteiger partial charge on any atom is 0.251 e. The molecule has 1 heterocycles. The van der Waals surface area contributed by atoms with Gasteiger partial charge in [-0.25, -0.2) is 4.98 Å². The van der Waals surface area contributed by atoms with Gasteiger partial charge in [-0.15, -0.1) is 11.3 Å². The number of aromatic nitrogens is 1. The van der Waals surface area contributed by atoms with Crippen molar-refractivity contribution in [3.05, 3.63) is 71.2 Å². The molecule has 3 rings (SSSR count). The molecule has 2 aromatic carbocycles. The number of ether oxygens (including phenoxy) is 1. The van der Waals surface area contributed by atoms with E-state index in [9.17, 15) is 4.79 Å². The van der Waals surface area contributed by atoms with Gasteiger partial charge in [0.05, 0.1) is 12.3 Å². The Kier molecular flexibility index (Phi) is 6.99. The van der Waals surface area contributed by atoms with Crippen molar-refractivity contribution in [3.8, 4) is 16.3 Å². The molecule has 0 aliphatic carbocycles. The van der Waals surface area contributed by atoms with Gasteiger partial charge in [0.15, 0.2) is 0 Å². The number of rotatable bonds is 9. The number of carbonyl (C=O) groups is 1. The van der Waals surface area contributed by atoms with E-state index < -0.39 is 0 Å². The van der Waals surface area contributed by atoms with Gasteiger partial charge in [0.2, 0.25) is 0 Å². The number of carbonyl (C=O) groups excluding carboxylic acids is 1. The van der Waals surface area contributed by atoms with Gasteiger partial charge < -0.3 is 10.1 Å². The molecule has 0 atom stereocenters. The van der Waals surface area contributed by atoms with Crippen LogP contribution in [-0.4, -0.2) is 24.0 Å². The first kappa shape index (κ1) is 19.1. The Bertz CT molecular complexity index is 862. The van der Waals surface area contributed by atoms with Crippen LogP contribution in [0, 0.1) is 0 Å². The van der Waals surface area contributed by atoms with Crippen LogP contribution in [0.3, 0.4) is 0 Å². The molecule has 5 heteroatoms. The summed E-state index contributed by atoms with van der Waals surface area (Å²) in [5.74, 6) is 0.651. The van der Waals surface area contributed by atoms with E-state index in [1.807, 2.05) is 30.3 Å². The number of hydrogen-bond donors (Lipinski definition) is 1. The van der Waals surface area contributed by atoms with Crippen LogP contribution < -0.4 is 10.1 Å². The summed E-state index contributed by atoms with van der Waals surface area (Å²) >= 11 is 1.63. The Morgan fingerprint density at radius 3 is 2.81 bits per heavy atom. The topological polar surface area (TPSA) is 51.2 Å². The SMILES string of the molecule is CCCCOc1cccc(C(=O)NCCc2csc(-c3ccccc3)n2)c1. The number of benzene rings is 2. The third-order valence-electron chi connectivity index (χ3n) is 4.10. The van der Waals surface area contributed by atoms with Crippen molar-refractivity contribution >= 4 is 17.2 Å². The number of amides is 1. The Morgan fingerprint density at radius 2 is 2.00 bits per heavy atom. The summed E-state index contributed by atoms with van der Waals surface area (Å²) in [5.41, 5.74) is 2.74. The summed E-state index contributed by atoms with van der Waals surface area (Å²) in [7, 11) is 0. The van der Waals surface area contributed by atoms with Crippen molar-refractivity contribution in [1.29, 1.82) is 0 Å². The zero-order valence-electron chi connectivity index (χ0n) is 15.5. The van der Waals surface area contributed by atoms with Gasteiger partial charge in [-0.1, -0.05) is 49.7 Å². The number of nitrogens with zero attached hydrogens (tertiary/aromatic N) is 1. The van der Waals surface area contributed by atoms with E-state index >= 15 is 0 Å². The fraction of sp³-hybridized carbons (Fsp3) is 0.273. The fourth-order valence-corrected chi connectivity index (χ4v) is 3.46. The van der Waals surface area contributed by atoms with Crippen molar-refractivity contribution in [1.82, 2.24) is 10.3 Å². The predicted molar refractivity (Wildman–Crippen MR) is 110 cm³/mol. The maximum absolute atomic E-state index is 12.4. The Labute approximate surface area is 164 Å². The zero-order valence-corrected chi connectivity index (χ0v) is 16.3. The van der Waals surface area contributed by atoms with E-state index in [0.29, 0.717) is 25.1 Å². The maximum atomic E-state index is 12.4. The summed E-state index contributed by atoms with van der Waals surface area (Å²) < 4.78 is 5.67.